The Balaban J connectivity index is 0.000000218. The van der Waals surface area contributed by atoms with Crippen molar-refractivity contribution in [3.8, 4) is 0 Å². The highest BCUT2D eigenvalue weighted by molar-refractivity contribution is 4.92. The highest BCUT2D eigenvalue weighted by atomic mass is 16.6. The number of rotatable bonds is 6. The maximum Gasteiger partial charge on any atom is 0.0866 e. The molecule has 0 aromatic carbocycles. The van der Waals surface area contributed by atoms with Crippen LogP contribution in [0.4, 0.5) is 0 Å². The lowest BCUT2D eigenvalue weighted by Crippen LogP contribution is -2.48. The fourth-order valence-electron chi connectivity index (χ4n) is 1.31. The zero-order chi connectivity index (χ0) is 14.0. The van der Waals surface area contributed by atoms with Crippen LogP contribution in [0.3, 0.4) is 0 Å². The van der Waals surface area contributed by atoms with E-state index in [-0.39, 0.29) is 19.2 Å². The van der Waals surface area contributed by atoms with Crippen molar-refractivity contribution in [3.05, 3.63) is 31.3 Å². The van der Waals surface area contributed by atoms with Gasteiger partial charge in [0.2, 0.25) is 0 Å². The highest BCUT2D eigenvalue weighted by Crippen LogP contribution is 2.27. The van der Waals surface area contributed by atoms with E-state index in [1.807, 2.05) is 0 Å². The number of azide groups is 3. The second-order valence-corrected chi connectivity index (χ2v) is 3.93. The van der Waals surface area contributed by atoms with Crippen LogP contribution in [0.15, 0.2) is 15.3 Å². The van der Waals surface area contributed by atoms with Gasteiger partial charge in [-0.3, -0.25) is 0 Å². The predicted octanol–water partition coefficient (Wildman–Crippen LogP) is 2.46. The molecule has 2 aliphatic rings. The predicted molar refractivity (Wildman–Crippen MR) is 65.1 cm³/mol. The molecule has 2 rings (SSSR count). The lowest BCUT2D eigenvalue weighted by molar-refractivity contribution is -0.132. The number of hydrogen-bond acceptors (Lipinski definition) is 5. The van der Waals surface area contributed by atoms with Gasteiger partial charge in [0, 0.05) is 21.2 Å². The van der Waals surface area contributed by atoms with Gasteiger partial charge in [0.1, 0.15) is 0 Å². The molecular weight excluding hydrogens is 254 g/mol. The smallest absolute Gasteiger partial charge is 0.0866 e. The third-order valence-corrected chi connectivity index (χ3v) is 2.56. The summed E-state index contributed by atoms with van der Waals surface area (Å²) in [5, 5.41) is 10.1. The molecule has 0 radical (unpaired) electrons. The highest BCUT2D eigenvalue weighted by Gasteiger charge is 2.36. The molecule has 0 spiro atoms. The van der Waals surface area contributed by atoms with E-state index >= 15 is 0 Å². The van der Waals surface area contributed by atoms with Gasteiger partial charge < -0.3 is 9.47 Å². The van der Waals surface area contributed by atoms with E-state index in [4.69, 9.17) is 26.1 Å². The molecule has 0 aliphatic carbocycles. The summed E-state index contributed by atoms with van der Waals surface area (Å²) >= 11 is 0. The Morgan fingerprint density at radius 1 is 1.05 bits per heavy atom. The minimum atomic E-state index is -0.515. The van der Waals surface area contributed by atoms with Crippen LogP contribution in [-0.4, -0.2) is 44.6 Å². The summed E-state index contributed by atoms with van der Waals surface area (Å²) in [7, 11) is 0. The van der Waals surface area contributed by atoms with Crippen molar-refractivity contribution in [2.24, 2.45) is 15.3 Å². The lowest BCUT2D eigenvalue weighted by Gasteiger charge is -2.39. The van der Waals surface area contributed by atoms with Gasteiger partial charge in [-0.1, -0.05) is 15.3 Å². The Labute approximate surface area is 108 Å². The molecule has 11 heteroatoms. The minimum Gasteiger partial charge on any atom is -0.375 e. The quantitative estimate of drug-likeness (QED) is 0.312. The number of nitrogens with zero attached hydrogens (tertiary/aromatic N) is 9. The van der Waals surface area contributed by atoms with E-state index in [9.17, 15) is 0 Å². The summed E-state index contributed by atoms with van der Waals surface area (Å²) in [6.07, 6.45) is 1.02. The molecule has 0 aromatic rings. The van der Waals surface area contributed by atoms with Crippen molar-refractivity contribution >= 4 is 0 Å². The third kappa shape index (κ3) is 5.82. The molecule has 2 saturated heterocycles. The summed E-state index contributed by atoms with van der Waals surface area (Å²) < 4.78 is 9.94. The van der Waals surface area contributed by atoms with Crippen LogP contribution in [0.5, 0.6) is 0 Å². The molecule has 102 valence electrons. The Morgan fingerprint density at radius 2 is 1.58 bits per heavy atom. The molecule has 0 saturated carbocycles. The van der Waals surface area contributed by atoms with Crippen LogP contribution in [0.25, 0.3) is 31.3 Å². The average molecular weight is 267 g/mol. The van der Waals surface area contributed by atoms with Crippen molar-refractivity contribution < 1.29 is 9.47 Å². The number of ether oxygens (including phenoxy) is 2. The summed E-state index contributed by atoms with van der Waals surface area (Å²) in [5.74, 6) is 0. The largest absolute Gasteiger partial charge is 0.375 e. The monoisotopic (exact) mass is 267 g/mol. The van der Waals surface area contributed by atoms with Gasteiger partial charge in [-0.15, -0.1) is 0 Å². The molecule has 2 fully saturated rings. The van der Waals surface area contributed by atoms with Gasteiger partial charge in [-0.25, -0.2) is 0 Å². The molecule has 0 N–H and O–H groups in total. The maximum absolute atomic E-state index is 8.07. The van der Waals surface area contributed by atoms with Gasteiger partial charge in [0.15, 0.2) is 0 Å². The SMILES string of the molecule is [N-]=[N+]=NCC1(CN=[N+]=[N-])CCO1.[N-]=[N+]=NCC1CO1. The fourth-order valence-corrected chi connectivity index (χ4v) is 1.31. The van der Waals surface area contributed by atoms with Crippen LogP contribution in [0, 0.1) is 0 Å². The van der Waals surface area contributed by atoms with Gasteiger partial charge in [0.05, 0.1) is 44.6 Å². The van der Waals surface area contributed by atoms with Crippen molar-refractivity contribution in [3.63, 3.8) is 0 Å². The second kappa shape index (κ2) is 8.04. The Hall–Kier alpha value is -2.15. The first-order chi connectivity index (χ1) is 9.26. The van der Waals surface area contributed by atoms with E-state index in [0.29, 0.717) is 13.2 Å². The first-order valence-corrected chi connectivity index (χ1v) is 5.54. The minimum absolute atomic E-state index is 0.232. The fraction of sp³-hybridized carbons (Fsp3) is 1.00. The average Bonchev–Trinajstić information content (AvgIpc) is 3.20. The molecule has 19 heavy (non-hydrogen) atoms. The van der Waals surface area contributed by atoms with Crippen LogP contribution < -0.4 is 0 Å². The molecule has 11 nitrogen and oxygen atoms in total. The van der Waals surface area contributed by atoms with Crippen molar-refractivity contribution in [2.45, 2.75) is 18.1 Å². The van der Waals surface area contributed by atoms with E-state index in [2.05, 4.69) is 30.1 Å². The van der Waals surface area contributed by atoms with E-state index in [0.717, 1.165) is 13.0 Å². The maximum atomic E-state index is 8.07. The van der Waals surface area contributed by atoms with Crippen molar-refractivity contribution in [1.82, 2.24) is 0 Å². The Bertz CT molecular complexity index is 404. The van der Waals surface area contributed by atoms with Gasteiger partial charge in [-0.05, 0) is 16.6 Å². The summed E-state index contributed by atoms with van der Waals surface area (Å²) in [4.78, 5) is 7.80. The van der Waals surface area contributed by atoms with Crippen LogP contribution in [-0.2, 0) is 9.47 Å². The van der Waals surface area contributed by atoms with Gasteiger partial charge in [-0.2, -0.15) is 0 Å². The zero-order valence-electron chi connectivity index (χ0n) is 10.2. The Morgan fingerprint density at radius 3 is 1.89 bits per heavy atom. The molecule has 1 unspecified atom stereocenters. The summed E-state index contributed by atoms with van der Waals surface area (Å²) in [6.45, 7) is 2.38. The van der Waals surface area contributed by atoms with Crippen LogP contribution >= 0.6 is 0 Å². The topological polar surface area (TPSA) is 168 Å². The van der Waals surface area contributed by atoms with Crippen LogP contribution in [0.2, 0.25) is 0 Å². The van der Waals surface area contributed by atoms with Gasteiger partial charge in [0.25, 0.3) is 0 Å². The van der Waals surface area contributed by atoms with Crippen LogP contribution in [0.1, 0.15) is 6.42 Å². The van der Waals surface area contributed by atoms with Crippen molar-refractivity contribution in [2.75, 3.05) is 32.8 Å². The van der Waals surface area contributed by atoms with E-state index < -0.39 is 5.60 Å². The summed E-state index contributed by atoms with van der Waals surface area (Å²) in [5.41, 5.74) is 23.4. The molecule has 0 amide bonds. The lowest BCUT2D eigenvalue weighted by atomic mass is 9.95. The molecule has 1 atom stereocenters. The standard InChI is InChI=1S/C5H8N6O.C3H5N3O/c6-10-8-3-5(1-2-12-5)4-9-11-7;4-6-5-1-3-2-7-3/h1-4H2;3H,1-2H2. The number of hydrogen-bond donors (Lipinski definition) is 0. The second-order valence-electron chi connectivity index (χ2n) is 3.93. The normalized spacial score (nSPS) is 26.2. The molecule has 0 aromatic heterocycles. The summed E-state index contributed by atoms with van der Waals surface area (Å²) in [6, 6.07) is 0. The van der Waals surface area contributed by atoms with Gasteiger partial charge >= 0.3 is 0 Å². The van der Waals surface area contributed by atoms with Crippen molar-refractivity contribution in [1.29, 1.82) is 0 Å². The number of epoxide rings is 1. The molecule has 0 bridgehead atoms. The first-order valence-electron chi connectivity index (χ1n) is 5.54. The molecule has 2 aliphatic heterocycles. The zero-order valence-corrected chi connectivity index (χ0v) is 10.2. The first kappa shape index (κ1) is 14.9. The molecular formula is C8H13N9O2. The van der Waals surface area contributed by atoms with E-state index in [1.165, 1.54) is 0 Å². The molecule has 2 heterocycles. The Kier molecular flexibility index (Phi) is 6.31. The van der Waals surface area contributed by atoms with E-state index in [1.54, 1.807) is 0 Å². The third-order valence-electron chi connectivity index (χ3n) is 2.56.